The molecule has 1 fully saturated rings. The van der Waals surface area contributed by atoms with Crippen LogP contribution < -0.4 is 0 Å². The molecule has 1 aliphatic heterocycles. The van der Waals surface area contributed by atoms with Gasteiger partial charge >= 0.3 is 6.18 Å². The van der Waals surface area contributed by atoms with Crippen molar-refractivity contribution in [3.05, 3.63) is 41.9 Å². The van der Waals surface area contributed by atoms with Crippen LogP contribution in [-0.2, 0) is 17.4 Å². The van der Waals surface area contributed by atoms with Crippen LogP contribution in [0.4, 0.5) is 13.2 Å². The van der Waals surface area contributed by atoms with Crippen LogP contribution in [0.15, 0.2) is 34.9 Å². The van der Waals surface area contributed by atoms with E-state index in [0.717, 1.165) is 23.4 Å². The fourth-order valence-corrected chi connectivity index (χ4v) is 3.09. The maximum absolute atomic E-state index is 13.5. The molecular weight excluding hydrogens is 349 g/mol. The first-order valence-electron chi connectivity index (χ1n) is 8.20. The Balaban J connectivity index is 1.74. The molecule has 0 unspecified atom stereocenters. The molecule has 1 aliphatic rings. The molecule has 0 saturated carbocycles. The Kier molecular flexibility index (Phi) is 3.93. The predicted molar refractivity (Wildman–Crippen MR) is 85.2 cm³/mol. The Labute approximate surface area is 146 Å². The average Bonchev–Trinajstić information content (AvgIpc) is 3.32. The monoisotopic (exact) mass is 364 g/mol. The van der Waals surface area contributed by atoms with Crippen molar-refractivity contribution in [1.29, 1.82) is 0 Å². The number of carbonyl (C=O) groups is 1. The van der Waals surface area contributed by atoms with Crippen molar-refractivity contribution in [2.45, 2.75) is 25.4 Å². The first-order chi connectivity index (χ1) is 12.4. The van der Waals surface area contributed by atoms with Gasteiger partial charge in [-0.2, -0.15) is 18.3 Å². The van der Waals surface area contributed by atoms with Gasteiger partial charge in [-0.25, -0.2) is 9.50 Å². The van der Waals surface area contributed by atoms with Crippen molar-refractivity contribution < 1.29 is 22.4 Å². The first kappa shape index (κ1) is 16.6. The standard InChI is InChI=1S/C17H15F3N4O2/c18-17(19,20)14-10-12(13-4-3-7-26-13)21-15-8-11(22-24(14)15)9-16(25)23-5-1-2-6-23/h3-4,7-8,10H,1-2,5-6,9H2. The Morgan fingerprint density at radius 3 is 2.65 bits per heavy atom. The molecule has 0 aromatic carbocycles. The zero-order valence-corrected chi connectivity index (χ0v) is 13.7. The van der Waals surface area contributed by atoms with E-state index in [-0.39, 0.29) is 35.1 Å². The Bertz CT molecular complexity index is 941. The van der Waals surface area contributed by atoms with Gasteiger partial charge in [0.1, 0.15) is 5.69 Å². The van der Waals surface area contributed by atoms with Crippen molar-refractivity contribution >= 4 is 11.6 Å². The van der Waals surface area contributed by atoms with E-state index in [2.05, 4.69) is 10.1 Å². The number of aromatic nitrogens is 3. The van der Waals surface area contributed by atoms with E-state index >= 15 is 0 Å². The summed E-state index contributed by atoms with van der Waals surface area (Å²) in [5.74, 6) is 0.0969. The van der Waals surface area contributed by atoms with Gasteiger partial charge in [0, 0.05) is 19.2 Å². The summed E-state index contributed by atoms with van der Waals surface area (Å²) in [6.45, 7) is 1.36. The molecule has 0 radical (unpaired) electrons. The normalized spacial score (nSPS) is 15.1. The Hall–Kier alpha value is -2.84. The molecule has 1 saturated heterocycles. The number of alkyl halides is 3. The van der Waals surface area contributed by atoms with Crippen LogP contribution in [0.1, 0.15) is 24.2 Å². The summed E-state index contributed by atoms with van der Waals surface area (Å²) < 4.78 is 46.3. The molecule has 0 atom stereocenters. The van der Waals surface area contributed by atoms with Crippen molar-refractivity contribution in [1.82, 2.24) is 19.5 Å². The van der Waals surface area contributed by atoms with E-state index in [1.165, 1.54) is 18.4 Å². The van der Waals surface area contributed by atoms with Crippen molar-refractivity contribution in [2.24, 2.45) is 0 Å². The number of fused-ring (bicyclic) bond motifs is 1. The Morgan fingerprint density at radius 2 is 2.00 bits per heavy atom. The second-order valence-electron chi connectivity index (χ2n) is 6.17. The fourth-order valence-electron chi connectivity index (χ4n) is 3.09. The second-order valence-corrected chi connectivity index (χ2v) is 6.17. The smallest absolute Gasteiger partial charge is 0.433 e. The van der Waals surface area contributed by atoms with Gasteiger partial charge in [0.25, 0.3) is 0 Å². The first-order valence-corrected chi connectivity index (χ1v) is 8.20. The predicted octanol–water partition coefficient (Wildman–Crippen LogP) is 3.17. The van der Waals surface area contributed by atoms with E-state index < -0.39 is 11.9 Å². The zero-order valence-electron chi connectivity index (χ0n) is 13.7. The van der Waals surface area contributed by atoms with Gasteiger partial charge in [0.05, 0.1) is 18.4 Å². The average molecular weight is 364 g/mol. The lowest BCUT2D eigenvalue weighted by atomic mass is 10.2. The lowest BCUT2D eigenvalue weighted by Crippen LogP contribution is -2.29. The van der Waals surface area contributed by atoms with E-state index in [1.807, 2.05) is 0 Å². The molecule has 0 spiro atoms. The van der Waals surface area contributed by atoms with Gasteiger partial charge < -0.3 is 9.32 Å². The summed E-state index contributed by atoms with van der Waals surface area (Å²) in [6, 6.07) is 5.42. The maximum atomic E-state index is 13.5. The number of amides is 1. The van der Waals surface area contributed by atoms with Gasteiger partial charge in [0.15, 0.2) is 17.1 Å². The lowest BCUT2D eigenvalue weighted by molar-refractivity contribution is -0.142. The summed E-state index contributed by atoms with van der Waals surface area (Å²) in [7, 11) is 0. The summed E-state index contributed by atoms with van der Waals surface area (Å²) in [5.41, 5.74) is -0.618. The van der Waals surface area contributed by atoms with Crippen LogP contribution in [0.5, 0.6) is 0 Å². The molecule has 0 N–H and O–H groups in total. The molecule has 136 valence electrons. The molecule has 6 nitrogen and oxygen atoms in total. The number of likely N-dealkylation sites (tertiary alicyclic amines) is 1. The number of rotatable bonds is 3. The number of carbonyl (C=O) groups excluding carboxylic acids is 1. The fraction of sp³-hybridized carbons (Fsp3) is 0.353. The SMILES string of the molecule is O=C(Cc1cc2nc(-c3ccco3)cc(C(F)(F)F)n2n1)N1CCCC1. The van der Waals surface area contributed by atoms with Gasteiger partial charge in [0.2, 0.25) is 5.91 Å². The highest BCUT2D eigenvalue weighted by Crippen LogP contribution is 2.32. The summed E-state index contributed by atoms with van der Waals surface area (Å²) in [5, 5.41) is 3.97. The van der Waals surface area contributed by atoms with Crippen LogP contribution in [0.2, 0.25) is 0 Å². The molecule has 4 rings (SSSR count). The van der Waals surface area contributed by atoms with Gasteiger partial charge in [-0.3, -0.25) is 4.79 Å². The van der Waals surface area contributed by atoms with Gasteiger partial charge in [-0.1, -0.05) is 0 Å². The van der Waals surface area contributed by atoms with Crippen LogP contribution in [0.25, 0.3) is 17.1 Å². The number of nitrogens with zero attached hydrogens (tertiary/aromatic N) is 4. The highest BCUT2D eigenvalue weighted by Gasteiger charge is 2.35. The number of hydrogen-bond acceptors (Lipinski definition) is 4. The highest BCUT2D eigenvalue weighted by molar-refractivity contribution is 5.79. The quantitative estimate of drug-likeness (QED) is 0.716. The minimum atomic E-state index is -4.62. The van der Waals surface area contributed by atoms with Crippen LogP contribution in [0.3, 0.4) is 0 Å². The minimum Gasteiger partial charge on any atom is -0.463 e. The van der Waals surface area contributed by atoms with Crippen molar-refractivity contribution in [3.8, 4) is 11.5 Å². The summed E-state index contributed by atoms with van der Waals surface area (Å²) in [6.07, 6.45) is -1.40. The van der Waals surface area contributed by atoms with E-state index in [0.29, 0.717) is 13.1 Å². The lowest BCUT2D eigenvalue weighted by Gasteiger charge is -2.13. The van der Waals surface area contributed by atoms with Crippen molar-refractivity contribution in [2.75, 3.05) is 13.1 Å². The molecule has 1 amide bonds. The summed E-state index contributed by atoms with van der Waals surface area (Å²) >= 11 is 0. The molecule has 3 aromatic rings. The minimum absolute atomic E-state index is 0.0236. The van der Waals surface area contributed by atoms with E-state index in [4.69, 9.17) is 4.42 Å². The molecule has 26 heavy (non-hydrogen) atoms. The molecule has 4 heterocycles. The molecule has 9 heteroatoms. The second kappa shape index (κ2) is 6.15. The maximum Gasteiger partial charge on any atom is 0.433 e. The van der Waals surface area contributed by atoms with Gasteiger partial charge in [-0.05, 0) is 31.0 Å². The zero-order chi connectivity index (χ0) is 18.3. The van der Waals surface area contributed by atoms with Crippen LogP contribution >= 0.6 is 0 Å². The molecular formula is C17H15F3N4O2. The van der Waals surface area contributed by atoms with Crippen LogP contribution in [-0.4, -0.2) is 38.5 Å². The largest absolute Gasteiger partial charge is 0.463 e. The number of halogens is 3. The summed E-state index contributed by atoms with van der Waals surface area (Å²) in [4.78, 5) is 18.1. The van der Waals surface area contributed by atoms with E-state index in [1.54, 1.807) is 11.0 Å². The topological polar surface area (TPSA) is 63.6 Å². The number of hydrogen-bond donors (Lipinski definition) is 0. The molecule has 0 bridgehead atoms. The third-order valence-electron chi connectivity index (χ3n) is 4.33. The van der Waals surface area contributed by atoms with Crippen molar-refractivity contribution in [3.63, 3.8) is 0 Å². The van der Waals surface area contributed by atoms with Gasteiger partial charge in [-0.15, -0.1) is 0 Å². The third-order valence-corrected chi connectivity index (χ3v) is 4.33. The number of furan rings is 1. The molecule has 0 aliphatic carbocycles. The van der Waals surface area contributed by atoms with Crippen LogP contribution in [0, 0.1) is 0 Å². The van der Waals surface area contributed by atoms with E-state index in [9.17, 15) is 18.0 Å². The Morgan fingerprint density at radius 1 is 1.23 bits per heavy atom. The highest BCUT2D eigenvalue weighted by atomic mass is 19.4. The third kappa shape index (κ3) is 3.04. The molecule has 3 aromatic heterocycles.